The van der Waals surface area contributed by atoms with Crippen molar-refractivity contribution in [1.29, 1.82) is 0 Å². The van der Waals surface area contributed by atoms with E-state index in [-0.39, 0.29) is 170 Å². The summed E-state index contributed by atoms with van der Waals surface area (Å²) in [5.74, 6) is -3.01. The number of nitrogens with zero attached hydrogens (tertiary/aromatic N) is 1. The fourth-order valence-corrected chi connectivity index (χ4v) is 5.62. The van der Waals surface area contributed by atoms with Crippen LogP contribution in [0.1, 0.15) is 78.6 Å². The maximum absolute atomic E-state index is 12.7. The van der Waals surface area contributed by atoms with E-state index in [4.69, 9.17) is 28.4 Å². The minimum atomic E-state index is -0.869. The summed E-state index contributed by atoms with van der Waals surface area (Å²) in [6.07, 6.45) is 1.39. The predicted octanol–water partition coefficient (Wildman–Crippen LogP) is -0.237. The van der Waals surface area contributed by atoms with Gasteiger partial charge < -0.3 is 65.2 Å². The normalized spacial score (nSPS) is 11.4. The number of rotatable bonds is 39. The van der Waals surface area contributed by atoms with Crippen LogP contribution in [0.4, 0.5) is 0 Å². The fourth-order valence-electron chi connectivity index (χ4n) is 5.23. The number of nitrogens with one attached hydrogen (secondary N) is 6. The predicted molar refractivity (Wildman–Crippen MR) is 244 cm³/mol. The summed E-state index contributed by atoms with van der Waals surface area (Å²) >= 11 is 6.12. The molecule has 0 aromatic rings. The molecule has 6 N–H and O–H groups in total. The molecule has 0 aliphatic carbocycles. The van der Waals surface area contributed by atoms with E-state index in [9.17, 15) is 43.2 Å². The van der Waals surface area contributed by atoms with Crippen LogP contribution >= 0.6 is 31.9 Å². The zero-order valence-corrected chi connectivity index (χ0v) is 41.5. The van der Waals surface area contributed by atoms with E-state index in [0.29, 0.717) is 32.4 Å². The number of hydrogen-bond acceptors (Lipinski definition) is 15. The van der Waals surface area contributed by atoms with Crippen LogP contribution in [-0.2, 0) is 71.6 Å². The molecular weight excluding hydrogens is 990 g/mol. The summed E-state index contributed by atoms with van der Waals surface area (Å²) in [5.41, 5.74) is -0.658. The molecule has 0 saturated heterocycles. The Hall–Kier alpha value is -3.97. The third-order valence-electron chi connectivity index (χ3n) is 8.44. The summed E-state index contributed by atoms with van der Waals surface area (Å²) in [6.45, 7) is 9.00. The van der Waals surface area contributed by atoms with Crippen molar-refractivity contribution in [3.63, 3.8) is 0 Å². The molecule has 0 unspecified atom stereocenters. The van der Waals surface area contributed by atoms with Gasteiger partial charge in [0, 0.05) is 77.9 Å². The molecule has 0 saturated carbocycles. The van der Waals surface area contributed by atoms with Gasteiger partial charge in [-0.2, -0.15) is 0 Å². The monoisotopic (exact) mass is 1060 g/mol. The summed E-state index contributed by atoms with van der Waals surface area (Å²) in [5, 5.41) is 16.4. The molecular formula is C41H71Br2N7O15. The molecule has 22 nitrogen and oxygen atoms in total. The minimum Gasteiger partial charge on any atom is -0.467 e. The molecule has 374 valence electrons. The second-order valence-electron chi connectivity index (χ2n) is 15.1. The third kappa shape index (κ3) is 37.9. The van der Waals surface area contributed by atoms with Gasteiger partial charge in [-0.1, -0.05) is 31.9 Å². The van der Waals surface area contributed by atoms with Crippen molar-refractivity contribution in [3.05, 3.63) is 0 Å². The summed E-state index contributed by atoms with van der Waals surface area (Å²) in [6, 6.07) is -0.869. The van der Waals surface area contributed by atoms with Crippen molar-refractivity contribution in [1.82, 2.24) is 36.8 Å². The van der Waals surface area contributed by atoms with Gasteiger partial charge in [0.2, 0.25) is 41.4 Å². The first-order chi connectivity index (χ1) is 31.0. The standard InChI is InChI=1S/C41H71Br2N7O15/c1-41(2,3)65-39(58)11-9-35(54)49-31(40(59)60-4)7-5-6-14-44-33(52)12-21-61-25-28-64-24-18-48-34(53)13-22-62-26-27-63-23-17-47-32(51)8-10-38(57)50(19-15-45-36(55)29-42)20-16-46-37(56)30-43/h31H,5-30H2,1-4H3,(H,44,52)(H,45,55)(H,46,56)(H,47,51)(H,48,53)(H,49,54)/t31-/m0/s1. The first kappa shape index (κ1) is 61.0. The molecule has 0 aliphatic heterocycles. The van der Waals surface area contributed by atoms with Gasteiger partial charge in [-0.15, -0.1) is 0 Å². The Bertz CT molecular complexity index is 1420. The minimum absolute atomic E-state index is 0.0336. The number of carbonyl (C=O) groups excluding carboxylic acids is 9. The summed E-state index contributed by atoms with van der Waals surface area (Å²) < 4.78 is 31.7. The lowest BCUT2D eigenvalue weighted by Gasteiger charge is -2.23. The van der Waals surface area contributed by atoms with E-state index in [1.807, 2.05) is 0 Å². The molecule has 0 radical (unpaired) electrons. The van der Waals surface area contributed by atoms with Crippen molar-refractivity contribution in [2.75, 3.05) is 116 Å². The number of carbonyl (C=O) groups is 9. The highest BCUT2D eigenvalue weighted by molar-refractivity contribution is 9.09. The lowest BCUT2D eigenvalue weighted by atomic mass is 10.1. The number of alkyl halides is 2. The smallest absolute Gasteiger partial charge is 0.328 e. The van der Waals surface area contributed by atoms with Crippen LogP contribution in [0.15, 0.2) is 0 Å². The zero-order valence-electron chi connectivity index (χ0n) is 38.3. The lowest BCUT2D eigenvalue weighted by Crippen LogP contribution is -2.43. The van der Waals surface area contributed by atoms with Crippen molar-refractivity contribution in [2.24, 2.45) is 0 Å². The van der Waals surface area contributed by atoms with Gasteiger partial charge in [0.15, 0.2) is 0 Å². The molecule has 0 fully saturated rings. The quantitative estimate of drug-likeness (QED) is 0.0263. The highest BCUT2D eigenvalue weighted by Crippen LogP contribution is 2.10. The number of unbranched alkanes of at least 4 members (excludes halogenated alkanes) is 1. The fraction of sp³-hybridized carbons (Fsp3) is 0.780. The SMILES string of the molecule is COC(=O)[C@H](CCCCNC(=O)CCOCCOCCNC(=O)CCOCCOCCNC(=O)CCC(=O)N(CCNC(=O)CBr)CCNC(=O)CBr)NC(=O)CCC(=O)OC(C)(C)C. The Morgan fingerprint density at radius 3 is 1.43 bits per heavy atom. The molecule has 0 heterocycles. The molecule has 0 aromatic heterocycles. The van der Waals surface area contributed by atoms with Gasteiger partial charge >= 0.3 is 11.9 Å². The highest BCUT2D eigenvalue weighted by atomic mass is 79.9. The van der Waals surface area contributed by atoms with Gasteiger partial charge in [0.25, 0.3) is 0 Å². The Morgan fingerprint density at radius 2 is 0.954 bits per heavy atom. The van der Waals surface area contributed by atoms with E-state index in [1.165, 1.54) is 12.0 Å². The van der Waals surface area contributed by atoms with Gasteiger partial charge in [0.1, 0.15) is 11.6 Å². The van der Waals surface area contributed by atoms with E-state index < -0.39 is 29.5 Å². The Kier molecular flexibility index (Phi) is 36.8. The van der Waals surface area contributed by atoms with Crippen LogP contribution in [0.25, 0.3) is 0 Å². The number of esters is 2. The van der Waals surface area contributed by atoms with Crippen LogP contribution in [-0.4, -0.2) is 186 Å². The Labute approximate surface area is 398 Å². The van der Waals surface area contributed by atoms with Crippen LogP contribution in [0.3, 0.4) is 0 Å². The van der Waals surface area contributed by atoms with Gasteiger partial charge in [-0.25, -0.2) is 4.79 Å². The zero-order chi connectivity index (χ0) is 48.7. The van der Waals surface area contributed by atoms with Crippen molar-refractivity contribution < 1.29 is 71.6 Å². The number of amides is 7. The number of methoxy groups -OCH3 is 1. The van der Waals surface area contributed by atoms with E-state index in [1.54, 1.807) is 20.8 Å². The molecule has 7 amide bonds. The molecule has 65 heavy (non-hydrogen) atoms. The van der Waals surface area contributed by atoms with Gasteiger partial charge in [-0.3, -0.25) is 38.4 Å². The average Bonchev–Trinajstić information content (AvgIpc) is 3.26. The molecule has 0 aliphatic rings. The largest absolute Gasteiger partial charge is 0.467 e. The Balaban J connectivity index is 3.86. The van der Waals surface area contributed by atoms with E-state index >= 15 is 0 Å². The number of ether oxygens (including phenoxy) is 6. The Morgan fingerprint density at radius 1 is 0.508 bits per heavy atom. The number of hydrogen-bond donors (Lipinski definition) is 6. The highest BCUT2D eigenvalue weighted by Gasteiger charge is 2.23. The second-order valence-corrected chi connectivity index (χ2v) is 16.2. The molecule has 24 heteroatoms. The van der Waals surface area contributed by atoms with Crippen LogP contribution in [0.5, 0.6) is 0 Å². The molecule has 0 bridgehead atoms. The maximum atomic E-state index is 12.7. The van der Waals surface area contributed by atoms with E-state index in [2.05, 4.69) is 63.8 Å². The summed E-state index contributed by atoms with van der Waals surface area (Å²) in [4.78, 5) is 110. The average molecular weight is 1060 g/mol. The van der Waals surface area contributed by atoms with Gasteiger partial charge in [0.05, 0.1) is 77.0 Å². The lowest BCUT2D eigenvalue weighted by molar-refractivity contribution is -0.155. The van der Waals surface area contributed by atoms with Crippen LogP contribution in [0, 0.1) is 0 Å². The van der Waals surface area contributed by atoms with Crippen molar-refractivity contribution >= 4 is 85.1 Å². The summed E-state index contributed by atoms with van der Waals surface area (Å²) in [7, 11) is 1.22. The van der Waals surface area contributed by atoms with E-state index in [0.717, 1.165) is 0 Å². The third-order valence-corrected chi connectivity index (χ3v) is 9.45. The molecule has 1 atom stereocenters. The second kappa shape index (κ2) is 39.2. The van der Waals surface area contributed by atoms with Crippen molar-refractivity contribution in [2.45, 2.75) is 90.2 Å². The maximum Gasteiger partial charge on any atom is 0.328 e. The topological polar surface area (TPSA) is 284 Å². The van der Waals surface area contributed by atoms with Crippen molar-refractivity contribution in [3.8, 4) is 0 Å². The molecule has 0 spiro atoms. The number of halogens is 2. The first-order valence-corrected chi connectivity index (χ1v) is 23.9. The first-order valence-electron chi connectivity index (χ1n) is 21.6. The van der Waals surface area contributed by atoms with Crippen LogP contribution < -0.4 is 31.9 Å². The molecule has 0 aromatic carbocycles. The van der Waals surface area contributed by atoms with Crippen LogP contribution in [0.2, 0.25) is 0 Å². The molecule has 0 rings (SSSR count). The van der Waals surface area contributed by atoms with Gasteiger partial charge in [-0.05, 0) is 40.0 Å².